The molecule has 2 heteroatoms. The number of aliphatic hydroxyl groups excluding tert-OH is 1. The first kappa shape index (κ1) is 12.6. The van der Waals surface area contributed by atoms with E-state index >= 15 is 0 Å². The Balaban J connectivity index is 0. The molecule has 0 aliphatic carbocycles. The Morgan fingerprint density at radius 2 is 1.80 bits per heavy atom. The maximum atomic E-state index is 7.00. The van der Waals surface area contributed by atoms with E-state index in [1.165, 1.54) is 12.8 Å². The Morgan fingerprint density at radius 3 is 1.90 bits per heavy atom. The maximum absolute atomic E-state index is 7.00. The van der Waals surface area contributed by atoms with E-state index in [0.717, 1.165) is 13.5 Å². The minimum Gasteiger partial charge on any atom is -0.400 e. The molecule has 0 saturated heterocycles. The largest absolute Gasteiger partial charge is 0.400 e. The predicted octanol–water partition coefficient (Wildman–Crippen LogP) is 1.82. The fourth-order valence-electron chi connectivity index (χ4n) is 0.811. The molecular formula is C8H20O2. The number of ether oxygens (including phenoxy) is 1. The van der Waals surface area contributed by atoms with Crippen LogP contribution in [0.2, 0.25) is 0 Å². The third-order valence-electron chi connectivity index (χ3n) is 1.40. The summed E-state index contributed by atoms with van der Waals surface area (Å²) in [6.07, 6.45) is 4.07. The molecule has 0 bridgehead atoms. The highest BCUT2D eigenvalue weighted by Crippen LogP contribution is 2.03. The smallest absolute Gasteiger partial charge is 0.0568 e. The van der Waals surface area contributed by atoms with Gasteiger partial charge in [0.1, 0.15) is 0 Å². The van der Waals surface area contributed by atoms with Crippen molar-refractivity contribution >= 4 is 0 Å². The molecule has 10 heavy (non-hydrogen) atoms. The third-order valence-corrected chi connectivity index (χ3v) is 1.40. The molecule has 0 aromatic carbocycles. The van der Waals surface area contributed by atoms with Crippen molar-refractivity contribution in [3.8, 4) is 0 Å². The van der Waals surface area contributed by atoms with Crippen molar-refractivity contribution in [3.63, 3.8) is 0 Å². The predicted molar refractivity (Wildman–Crippen MR) is 44.1 cm³/mol. The van der Waals surface area contributed by atoms with Gasteiger partial charge in [0, 0.05) is 14.2 Å². The van der Waals surface area contributed by atoms with E-state index in [1.54, 1.807) is 7.11 Å². The molecule has 1 N–H and O–H groups in total. The van der Waals surface area contributed by atoms with Crippen LogP contribution in [0.4, 0.5) is 0 Å². The van der Waals surface area contributed by atoms with Crippen molar-refractivity contribution in [1.82, 2.24) is 0 Å². The average Bonchev–Trinajstić information content (AvgIpc) is 2.04. The molecular weight excluding hydrogens is 128 g/mol. The molecule has 1 unspecified atom stereocenters. The van der Waals surface area contributed by atoms with Gasteiger partial charge in [0.05, 0.1) is 6.10 Å². The maximum Gasteiger partial charge on any atom is 0.0568 e. The van der Waals surface area contributed by atoms with Crippen molar-refractivity contribution in [1.29, 1.82) is 0 Å². The van der Waals surface area contributed by atoms with E-state index in [-0.39, 0.29) is 0 Å². The minimum atomic E-state index is 0.500. The van der Waals surface area contributed by atoms with Gasteiger partial charge in [-0.3, -0.25) is 0 Å². The zero-order valence-corrected chi connectivity index (χ0v) is 7.55. The van der Waals surface area contributed by atoms with E-state index < -0.39 is 0 Å². The molecule has 0 fully saturated rings. The Bertz CT molecular complexity index is 42.5. The molecule has 0 spiro atoms. The number of rotatable bonds is 4. The molecule has 0 aliphatic heterocycles. The van der Waals surface area contributed by atoms with Gasteiger partial charge in [-0.05, 0) is 12.8 Å². The lowest BCUT2D eigenvalue weighted by molar-refractivity contribution is 0.0915. The van der Waals surface area contributed by atoms with Crippen LogP contribution in [0.3, 0.4) is 0 Å². The molecule has 2 nitrogen and oxygen atoms in total. The number of hydrogen-bond acceptors (Lipinski definition) is 2. The SMILES string of the molecule is CCCC(CC)OC.CO. The van der Waals surface area contributed by atoms with Crippen LogP contribution >= 0.6 is 0 Å². The molecule has 0 amide bonds. The molecule has 0 rings (SSSR count). The summed E-state index contributed by atoms with van der Waals surface area (Å²) in [6, 6.07) is 0. The molecule has 0 heterocycles. The quantitative estimate of drug-likeness (QED) is 0.659. The second kappa shape index (κ2) is 11.7. The lowest BCUT2D eigenvalue weighted by Gasteiger charge is -2.09. The van der Waals surface area contributed by atoms with Gasteiger partial charge in [-0.25, -0.2) is 0 Å². The summed E-state index contributed by atoms with van der Waals surface area (Å²) in [6.45, 7) is 4.34. The molecule has 0 saturated carbocycles. The summed E-state index contributed by atoms with van der Waals surface area (Å²) in [5.74, 6) is 0. The fraction of sp³-hybridized carbons (Fsp3) is 1.00. The summed E-state index contributed by atoms with van der Waals surface area (Å²) in [7, 11) is 2.78. The zero-order valence-electron chi connectivity index (χ0n) is 7.55. The summed E-state index contributed by atoms with van der Waals surface area (Å²) >= 11 is 0. The number of aliphatic hydroxyl groups is 1. The fourth-order valence-corrected chi connectivity index (χ4v) is 0.811. The van der Waals surface area contributed by atoms with E-state index in [2.05, 4.69) is 13.8 Å². The van der Waals surface area contributed by atoms with Gasteiger partial charge in [-0.1, -0.05) is 20.3 Å². The second-order valence-corrected chi connectivity index (χ2v) is 2.05. The zero-order chi connectivity index (χ0) is 8.41. The van der Waals surface area contributed by atoms with Gasteiger partial charge in [-0.2, -0.15) is 0 Å². The average molecular weight is 148 g/mol. The highest BCUT2D eigenvalue weighted by atomic mass is 16.5. The molecule has 0 aromatic rings. The van der Waals surface area contributed by atoms with Crippen LogP contribution in [0.1, 0.15) is 33.1 Å². The van der Waals surface area contributed by atoms with Crippen LogP contribution in [-0.2, 0) is 4.74 Å². The summed E-state index contributed by atoms with van der Waals surface area (Å²) in [5, 5.41) is 7.00. The summed E-state index contributed by atoms with van der Waals surface area (Å²) in [5.41, 5.74) is 0. The highest BCUT2D eigenvalue weighted by Gasteiger charge is 1.99. The molecule has 0 radical (unpaired) electrons. The van der Waals surface area contributed by atoms with Gasteiger partial charge in [0.2, 0.25) is 0 Å². The third kappa shape index (κ3) is 7.92. The monoisotopic (exact) mass is 148 g/mol. The standard InChI is InChI=1S/C7H16O.CH4O/c1-4-6-7(5-2)8-3;1-2/h7H,4-6H2,1-3H3;2H,1H3. The van der Waals surface area contributed by atoms with Crippen molar-refractivity contribution < 1.29 is 9.84 Å². The Labute approximate surface area is 64.2 Å². The van der Waals surface area contributed by atoms with Crippen LogP contribution < -0.4 is 0 Å². The van der Waals surface area contributed by atoms with E-state index in [1.807, 2.05) is 0 Å². The van der Waals surface area contributed by atoms with Crippen LogP contribution in [0.25, 0.3) is 0 Å². The van der Waals surface area contributed by atoms with Crippen molar-refractivity contribution in [2.45, 2.75) is 39.2 Å². The van der Waals surface area contributed by atoms with Crippen LogP contribution in [0.5, 0.6) is 0 Å². The first-order chi connectivity index (χ1) is 4.85. The lowest BCUT2D eigenvalue weighted by Crippen LogP contribution is -2.07. The number of hydrogen-bond donors (Lipinski definition) is 1. The van der Waals surface area contributed by atoms with E-state index in [9.17, 15) is 0 Å². The topological polar surface area (TPSA) is 29.5 Å². The van der Waals surface area contributed by atoms with Gasteiger partial charge in [-0.15, -0.1) is 0 Å². The molecule has 0 aromatic heterocycles. The highest BCUT2D eigenvalue weighted by molar-refractivity contribution is 4.50. The van der Waals surface area contributed by atoms with Crippen molar-refractivity contribution in [2.24, 2.45) is 0 Å². The first-order valence-electron chi connectivity index (χ1n) is 3.82. The normalized spacial score (nSPS) is 11.7. The van der Waals surface area contributed by atoms with Gasteiger partial charge in [0.25, 0.3) is 0 Å². The first-order valence-corrected chi connectivity index (χ1v) is 3.82. The summed E-state index contributed by atoms with van der Waals surface area (Å²) < 4.78 is 5.14. The van der Waals surface area contributed by atoms with Gasteiger partial charge < -0.3 is 9.84 Å². The minimum absolute atomic E-state index is 0.500. The summed E-state index contributed by atoms with van der Waals surface area (Å²) in [4.78, 5) is 0. The number of methoxy groups -OCH3 is 1. The second-order valence-electron chi connectivity index (χ2n) is 2.05. The van der Waals surface area contributed by atoms with Crippen LogP contribution in [-0.4, -0.2) is 25.4 Å². The van der Waals surface area contributed by atoms with Gasteiger partial charge >= 0.3 is 0 Å². The van der Waals surface area contributed by atoms with E-state index in [4.69, 9.17) is 9.84 Å². The molecule has 64 valence electrons. The Hall–Kier alpha value is -0.0800. The molecule has 1 atom stereocenters. The lowest BCUT2D eigenvalue weighted by atomic mass is 10.2. The molecule has 0 aliphatic rings. The van der Waals surface area contributed by atoms with Crippen molar-refractivity contribution in [2.75, 3.05) is 14.2 Å². The van der Waals surface area contributed by atoms with Crippen molar-refractivity contribution in [3.05, 3.63) is 0 Å². The van der Waals surface area contributed by atoms with Crippen LogP contribution in [0.15, 0.2) is 0 Å². The van der Waals surface area contributed by atoms with Crippen LogP contribution in [0, 0.1) is 0 Å². The van der Waals surface area contributed by atoms with Gasteiger partial charge in [0.15, 0.2) is 0 Å². The Kier molecular flexibility index (Phi) is 14.7. The van der Waals surface area contributed by atoms with E-state index in [0.29, 0.717) is 6.10 Å². The Morgan fingerprint density at radius 1 is 1.30 bits per heavy atom.